The van der Waals surface area contributed by atoms with Crippen molar-refractivity contribution < 1.29 is 32.3 Å². The summed E-state index contributed by atoms with van der Waals surface area (Å²) in [6, 6.07) is 13.4. The van der Waals surface area contributed by atoms with Crippen molar-refractivity contribution in [2.45, 2.75) is 104 Å². The van der Waals surface area contributed by atoms with E-state index in [1.165, 1.54) is 12.3 Å². The van der Waals surface area contributed by atoms with Crippen LogP contribution in [0.2, 0.25) is 0 Å². The number of benzene rings is 2. The molecule has 0 saturated heterocycles. The van der Waals surface area contributed by atoms with Gasteiger partial charge in [0, 0.05) is 11.8 Å². The van der Waals surface area contributed by atoms with Crippen LogP contribution in [0.4, 0.5) is 0 Å². The minimum atomic E-state index is -1.32. The molecule has 0 aliphatic carbocycles. The highest BCUT2D eigenvalue weighted by molar-refractivity contribution is 7.85. The molecule has 0 bridgehead atoms. The molecule has 11 heteroatoms. The second-order valence-corrected chi connectivity index (χ2v) is 17.1. The van der Waals surface area contributed by atoms with Gasteiger partial charge in [0.25, 0.3) is 0 Å². The van der Waals surface area contributed by atoms with E-state index in [1.807, 2.05) is 62.3 Å². The fourth-order valence-electron chi connectivity index (χ4n) is 2.43. The molecule has 0 aromatic heterocycles. The number of esters is 2. The number of carbonyl (C=O) groups excluding carboxylic acids is 3. The summed E-state index contributed by atoms with van der Waals surface area (Å²) in [5.41, 5.74) is 0.989. The van der Waals surface area contributed by atoms with E-state index in [0.717, 1.165) is 5.56 Å². The number of nitrogens with zero attached hydrogens (tertiary/aromatic N) is 1. The molecule has 0 amide bonds. The van der Waals surface area contributed by atoms with Gasteiger partial charge in [-0.3, -0.25) is 9.93 Å². The van der Waals surface area contributed by atoms with Crippen molar-refractivity contribution in [3.8, 4) is 0 Å². The Hall–Kier alpha value is -3.02. The molecule has 9 nitrogen and oxygen atoms in total. The third-order valence-electron chi connectivity index (χ3n) is 4.60. The fraction of sp³-hybridized carbons (Fsp3) is 0.500. The summed E-state index contributed by atoms with van der Waals surface area (Å²) in [6.45, 7) is 22.0. The van der Waals surface area contributed by atoms with E-state index in [0.29, 0.717) is 23.0 Å². The van der Waals surface area contributed by atoms with Crippen LogP contribution in [-0.4, -0.2) is 53.6 Å². The van der Waals surface area contributed by atoms with Crippen LogP contribution in [0.1, 0.15) is 120 Å². The number of nitrogens with two attached hydrogens (primary N) is 1. The van der Waals surface area contributed by atoms with Gasteiger partial charge in [0.2, 0.25) is 0 Å². The number of rotatable bonds is 5. The number of hydrogen-bond donors (Lipinski definition) is 1. The van der Waals surface area contributed by atoms with Gasteiger partial charge in [0.05, 0.1) is 31.6 Å². The van der Waals surface area contributed by atoms with Crippen LogP contribution < -0.4 is 5.14 Å². The zero-order chi connectivity index (χ0) is 33.8. The Morgan fingerprint density at radius 1 is 0.698 bits per heavy atom. The minimum absolute atomic E-state index is 0.250. The SMILES string of the molecule is CC(C)(C)OC(=O)c1cccc(C=N[S@@](=O)C(C)(C)C)c1.CC(C)(C)OC(=O)c1cccc(C=O)c1.CC(C)(C)[S@@](N)=O. The van der Waals surface area contributed by atoms with Crippen molar-refractivity contribution in [3.05, 3.63) is 70.8 Å². The Kier molecular flexibility index (Phi) is 15.6. The van der Waals surface area contributed by atoms with Crippen LogP contribution in [0.15, 0.2) is 52.9 Å². The van der Waals surface area contributed by atoms with Crippen LogP contribution in [0.5, 0.6) is 0 Å². The van der Waals surface area contributed by atoms with Gasteiger partial charge in [-0.15, -0.1) is 0 Å². The van der Waals surface area contributed by atoms with Gasteiger partial charge < -0.3 is 9.47 Å². The first kappa shape index (κ1) is 40.0. The summed E-state index contributed by atoms with van der Waals surface area (Å²) in [5, 5.41) is 5.04. The molecular weight excluding hydrogens is 588 g/mol. The molecule has 0 aliphatic heterocycles. The average Bonchev–Trinajstić information content (AvgIpc) is 2.85. The maximum atomic E-state index is 12.0. The maximum absolute atomic E-state index is 12.0. The monoisotopic (exact) mass is 636 g/mol. The quantitative estimate of drug-likeness (QED) is 0.228. The lowest BCUT2D eigenvalue weighted by Crippen LogP contribution is -2.27. The van der Waals surface area contributed by atoms with E-state index in [2.05, 4.69) is 4.40 Å². The summed E-state index contributed by atoms with van der Waals surface area (Å²) >= 11 is 0. The highest BCUT2D eigenvalue weighted by atomic mass is 32.2. The van der Waals surface area contributed by atoms with E-state index in [4.69, 9.17) is 14.6 Å². The third-order valence-corrected chi connectivity index (χ3v) is 7.16. The first-order valence-electron chi connectivity index (χ1n) is 13.6. The van der Waals surface area contributed by atoms with Crippen molar-refractivity contribution in [2.24, 2.45) is 9.54 Å². The molecule has 2 aromatic carbocycles. The average molecular weight is 637 g/mol. The molecular formula is C32H48N2O7S2. The Bertz CT molecular complexity index is 1310. The van der Waals surface area contributed by atoms with Crippen LogP contribution in [0.25, 0.3) is 0 Å². The summed E-state index contributed by atoms with van der Waals surface area (Å²) in [5.74, 6) is -0.791. The molecule has 2 atom stereocenters. The van der Waals surface area contributed by atoms with Crippen molar-refractivity contribution in [1.29, 1.82) is 0 Å². The summed E-state index contributed by atoms with van der Waals surface area (Å²) in [6.07, 6.45) is 2.23. The molecule has 0 heterocycles. The Labute approximate surface area is 262 Å². The lowest BCUT2D eigenvalue weighted by molar-refractivity contribution is 0.00570. The Balaban J connectivity index is 0.000000696. The standard InChI is InChI=1S/C16H23NO3S.C12H14O3.C4H11NOS/c1-15(2,3)20-14(18)13-9-7-8-12(10-13)11-17-21(19)16(4,5)6;1-12(2,3)15-11(14)10-6-4-5-9(7-10)8-13;1-4(2,3)7(5)6/h7-11H,1-6H3;4-8H,1-3H3;5H2,1-3H3/t21-;;7-/m0.0/s1. The van der Waals surface area contributed by atoms with Crippen molar-refractivity contribution in [3.63, 3.8) is 0 Å². The molecule has 0 aliphatic rings. The number of carbonyl (C=O) groups is 3. The van der Waals surface area contributed by atoms with Gasteiger partial charge in [-0.05, 0) is 113 Å². The van der Waals surface area contributed by atoms with Crippen molar-refractivity contribution >= 4 is 46.4 Å². The smallest absolute Gasteiger partial charge is 0.338 e. The van der Waals surface area contributed by atoms with Gasteiger partial charge in [-0.2, -0.15) is 4.40 Å². The van der Waals surface area contributed by atoms with E-state index in [-0.39, 0.29) is 10.7 Å². The van der Waals surface area contributed by atoms with Crippen LogP contribution in [0.3, 0.4) is 0 Å². The summed E-state index contributed by atoms with van der Waals surface area (Å²) in [4.78, 5) is 34.1. The molecule has 240 valence electrons. The molecule has 0 radical (unpaired) electrons. The minimum Gasteiger partial charge on any atom is -0.456 e. The zero-order valence-electron chi connectivity index (χ0n) is 27.5. The number of aldehydes is 1. The summed E-state index contributed by atoms with van der Waals surface area (Å²) in [7, 11) is -2.50. The van der Waals surface area contributed by atoms with Gasteiger partial charge in [-0.1, -0.05) is 24.3 Å². The Morgan fingerprint density at radius 2 is 1.07 bits per heavy atom. The molecule has 2 aromatic rings. The molecule has 0 fully saturated rings. The number of ether oxygens (including phenoxy) is 2. The van der Waals surface area contributed by atoms with E-state index >= 15 is 0 Å². The maximum Gasteiger partial charge on any atom is 0.338 e. The van der Waals surface area contributed by atoms with E-state index < -0.39 is 43.9 Å². The van der Waals surface area contributed by atoms with Gasteiger partial charge in [-0.25, -0.2) is 18.0 Å². The molecule has 0 spiro atoms. The van der Waals surface area contributed by atoms with Gasteiger partial charge in [0.15, 0.2) is 0 Å². The molecule has 2 rings (SSSR count). The Morgan fingerprint density at radius 3 is 1.40 bits per heavy atom. The lowest BCUT2D eigenvalue weighted by Gasteiger charge is -2.19. The third kappa shape index (κ3) is 18.3. The highest BCUT2D eigenvalue weighted by Gasteiger charge is 2.20. The van der Waals surface area contributed by atoms with E-state index in [1.54, 1.807) is 63.2 Å². The van der Waals surface area contributed by atoms with Crippen LogP contribution in [0, 0.1) is 0 Å². The molecule has 0 unspecified atom stereocenters. The second kappa shape index (κ2) is 16.7. The van der Waals surface area contributed by atoms with Crippen molar-refractivity contribution in [1.82, 2.24) is 0 Å². The first-order chi connectivity index (χ1) is 19.4. The van der Waals surface area contributed by atoms with Gasteiger partial charge >= 0.3 is 11.9 Å². The highest BCUT2D eigenvalue weighted by Crippen LogP contribution is 2.15. The first-order valence-corrected chi connectivity index (χ1v) is 15.9. The normalized spacial score (nSPS) is 13.4. The summed E-state index contributed by atoms with van der Waals surface area (Å²) < 4.78 is 36.1. The predicted molar refractivity (Wildman–Crippen MR) is 176 cm³/mol. The van der Waals surface area contributed by atoms with E-state index in [9.17, 15) is 22.8 Å². The zero-order valence-corrected chi connectivity index (χ0v) is 29.1. The molecule has 0 saturated carbocycles. The fourth-order valence-corrected chi connectivity index (χ4v) is 2.96. The predicted octanol–water partition coefficient (Wildman–Crippen LogP) is 6.38. The molecule has 2 N–H and O–H groups in total. The lowest BCUT2D eigenvalue weighted by atomic mass is 10.1. The van der Waals surface area contributed by atoms with Crippen LogP contribution in [-0.2, 0) is 31.4 Å². The largest absolute Gasteiger partial charge is 0.456 e. The number of hydrogen-bond acceptors (Lipinski definition) is 7. The topological polar surface area (TPSA) is 142 Å². The van der Waals surface area contributed by atoms with Crippen LogP contribution >= 0.6 is 0 Å². The second-order valence-electron chi connectivity index (χ2n) is 13.4. The molecule has 43 heavy (non-hydrogen) atoms. The van der Waals surface area contributed by atoms with Gasteiger partial charge in [0.1, 0.15) is 28.5 Å². The van der Waals surface area contributed by atoms with Crippen molar-refractivity contribution in [2.75, 3.05) is 0 Å².